The van der Waals surface area contributed by atoms with E-state index in [9.17, 15) is 14.4 Å². The van der Waals surface area contributed by atoms with Crippen molar-refractivity contribution in [1.29, 1.82) is 0 Å². The smallest absolute Gasteiger partial charge is 0.326 e. The zero-order valence-electron chi connectivity index (χ0n) is 7.60. The molecule has 1 rings (SSSR count). The van der Waals surface area contributed by atoms with Crippen LogP contribution in [0.15, 0.2) is 12.7 Å². The highest BCUT2D eigenvalue weighted by Crippen LogP contribution is 2.14. The first-order valence-electron chi connectivity index (χ1n) is 4.21. The second-order valence-corrected chi connectivity index (χ2v) is 3.12. The van der Waals surface area contributed by atoms with Crippen molar-refractivity contribution in [3.8, 4) is 0 Å². The number of likely N-dealkylation sites (tertiary alicyclic amines) is 1. The third-order valence-corrected chi connectivity index (χ3v) is 2.07. The number of ketones is 1. The summed E-state index contributed by atoms with van der Waals surface area (Å²) in [6.07, 6.45) is 1.41. The van der Waals surface area contributed by atoms with Gasteiger partial charge in [-0.1, -0.05) is 6.08 Å². The van der Waals surface area contributed by atoms with Crippen LogP contribution >= 0.6 is 0 Å². The number of aliphatic carboxylic acids is 1. The van der Waals surface area contributed by atoms with Gasteiger partial charge in [0.05, 0.1) is 13.0 Å². The number of Topliss-reactive ketones (excluding diaryl/α,β-unsaturated/α-hetero) is 1. The van der Waals surface area contributed by atoms with Gasteiger partial charge in [-0.15, -0.1) is 6.58 Å². The highest BCUT2D eigenvalue weighted by molar-refractivity contribution is 6.06. The highest BCUT2D eigenvalue weighted by Gasteiger charge is 2.35. The Morgan fingerprint density at radius 1 is 1.64 bits per heavy atom. The topological polar surface area (TPSA) is 74.7 Å². The van der Waals surface area contributed by atoms with Gasteiger partial charge < -0.3 is 10.0 Å². The molecule has 1 aliphatic rings. The van der Waals surface area contributed by atoms with Crippen LogP contribution in [0.25, 0.3) is 0 Å². The number of carboxylic acid groups (broad SMARTS) is 1. The fourth-order valence-corrected chi connectivity index (χ4v) is 1.41. The Bertz CT molecular complexity index is 297. The molecule has 1 aliphatic heterocycles. The lowest BCUT2D eigenvalue weighted by atomic mass is 10.2. The van der Waals surface area contributed by atoms with Crippen LogP contribution in [0.1, 0.15) is 12.8 Å². The molecule has 1 atom stereocenters. The van der Waals surface area contributed by atoms with E-state index in [-0.39, 0.29) is 25.2 Å². The van der Waals surface area contributed by atoms with E-state index in [0.717, 1.165) is 4.90 Å². The number of carboxylic acids is 1. The van der Waals surface area contributed by atoms with Crippen LogP contribution < -0.4 is 0 Å². The summed E-state index contributed by atoms with van der Waals surface area (Å²) in [4.78, 5) is 34.0. The first-order valence-corrected chi connectivity index (χ1v) is 4.21. The van der Waals surface area contributed by atoms with E-state index >= 15 is 0 Å². The third kappa shape index (κ3) is 1.99. The average Bonchev–Trinajstić information content (AvgIpc) is 2.40. The Hall–Kier alpha value is -1.65. The maximum absolute atomic E-state index is 11.2. The van der Waals surface area contributed by atoms with Crippen LogP contribution in [0.4, 0.5) is 0 Å². The van der Waals surface area contributed by atoms with Crippen molar-refractivity contribution in [2.45, 2.75) is 18.9 Å². The summed E-state index contributed by atoms with van der Waals surface area (Å²) in [6.45, 7) is 3.32. The Labute approximate surface area is 81.0 Å². The summed E-state index contributed by atoms with van der Waals surface area (Å²) in [6, 6.07) is -0.952. The van der Waals surface area contributed by atoms with Crippen LogP contribution in [0.3, 0.4) is 0 Å². The molecule has 1 amide bonds. The Morgan fingerprint density at radius 3 is 2.64 bits per heavy atom. The summed E-state index contributed by atoms with van der Waals surface area (Å²) in [5.41, 5.74) is 0. The molecule has 1 unspecified atom stereocenters. The molecule has 0 aromatic rings. The van der Waals surface area contributed by atoms with Crippen LogP contribution in [0, 0.1) is 0 Å². The normalized spacial score (nSPS) is 18.4. The maximum Gasteiger partial charge on any atom is 0.326 e. The van der Waals surface area contributed by atoms with E-state index in [1.54, 1.807) is 0 Å². The van der Waals surface area contributed by atoms with Gasteiger partial charge in [0, 0.05) is 0 Å². The van der Waals surface area contributed by atoms with E-state index in [4.69, 9.17) is 5.11 Å². The fourth-order valence-electron chi connectivity index (χ4n) is 1.41. The molecule has 0 aromatic heterocycles. The average molecular weight is 197 g/mol. The molecule has 0 aliphatic carbocycles. The van der Waals surface area contributed by atoms with Crippen molar-refractivity contribution >= 4 is 17.7 Å². The monoisotopic (exact) mass is 197 g/mol. The van der Waals surface area contributed by atoms with Gasteiger partial charge in [0.15, 0.2) is 5.78 Å². The second-order valence-electron chi connectivity index (χ2n) is 3.12. The number of rotatable bonds is 4. The minimum absolute atomic E-state index is 0.0936. The molecule has 1 fully saturated rings. The van der Waals surface area contributed by atoms with E-state index in [1.807, 2.05) is 0 Å². The minimum Gasteiger partial charge on any atom is -0.480 e. The van der Waals surface area contributed by atoms with E-state index in [0.29, 0.717) is 0 Å². The van der Waals surface area contributed by atoms with Gasteiger partial charge in [-0.25, -0.2) is 4.79 Å². The molecule has 0 spiro atoms. The van der Waals surface area contributed by atoms with E-state index in [1.165, 1.54) is 6.08 Å². The predicted molar refractivity (Wildman–Crippen MR) is 47.6 cm³/mol. The molecule has 1 heterocycles. The summed E-state index contributed by atoms with van der Waals surface area (Å²) < 4.78 is 0. The number of hydrogen-bond acceptors (Lipinski definition) is 3. The summed E-state index contributed by atoms with van der Waals surface area (Å²) in [5.74, 6) is -1.75. The van der Waals surface area contributed by atoms with E-state index in [2.05, 4.69) is 6.58 Å². The lowest BCUT2D eigenvalue weighted by Gasteiger charge is -2.21. The van der Waals surface area contributed by atoms with Gasteiger partial charge in [0.2, 0.25) is 5.91 Å². The maximum atomic E-state index is 11.2. The van der Waals surface area contributed by atoms with Gasteiger partial charge >= 0.3 is 5.97 Å². The van der Waals surface area contributed by atoms with Crippen molar-refractivity contribution in [2.75, 3.05) is 6.54 Å². The molecule has 76 valence electrons. The quantitative estimate of drug-likeness (QED) is 0.501. The standard InChI is InChI=1S/C9H11NO4/c1-2-3-7(9(13)14)10-5-6(11)4-8(10)12/h2,7H,1,3-5H2,(H,13,14). The number of carbonyl (C=O) groups excluding carboxylic acids is 2. The number of nitrogens with zero attached hydrogens (tertiary/aromatic N) is 1. The molecule has 1 saturated heterocycles. The Kier molecular flexibility index (Phi) is 3.01. The SMILES string of the molecule is C=CCC(C(=O)O)N1CC(=O)CC1=O. The lowest BCUT2D eigenvalue weighted by molar-refractivity contribution is -0.148. The number of amides is 1. The Morgan fingerprint density at radius 2 is 2.29 bits per heavy atom. The van der Waals surface area contributed by atoms with Gasteiger partial charge in [0.1, 0.15) is 6.04 Å². The van der Waals surface area contributed by atoms with Crippen LogP contribution in [0.2, 0.25) is 0 Å². The number of hydrogen-bond donors (Lipinski definition) is 1. The molecule has 0 radical (unpaired) electrons. The van der Waals surface area contributed by atoms with Crippen LogP contribution in [-0.4, -0.2) is 40.3 Å². The fraction of sp³-hybridized carbons (Fsp3) is 0.444. The zero-order valence-corrected chi connectivity index (χ0v) is 7.60. The second kappa shape index (κ2) is 4.04. The molecular formula is C9H11NO4. The van der Waals surface area contributed by atoms with Crippen molar-refractivity contribution in [2.24, 2.45) is 0 Å². The first kappa shape index (κ1) is 10.4. The Balaban J connectivity index is 2.78. The van der Waals surface area contributed by atoms with Gasteiger partial charge in [0.25, 0.3) is 0 Å². The first-order chi connectivity index (χ1) is 6.56. The molecule has 0 bridgehead atoms. The van der Waals surface area contributed by atoms with Crippen molar-refractivity contribution < 1.29 is 19.5 Å². The van der Waals surface area contributed by atoms with Crippen molar-refractivity contribution in [3.63, 3.8) is 0 Å². The predicted octanol–water partition coefficient (Wildman–Crippen LogP) is -0.183. The summed E-state index contributed by atoms with van der Waals surface area (Å²) in [7, 11) is 0. The minimum atomic E-state index is -1.10. The summed E-state index contributed by atoms with van der Waals surface area (Å²) >= 11 is 0. The molecule has 5 heteroatoms. The largest absolute Gasteiger partial charge is 0.480 e. The molecule has 1 N–H and O–H groups in total. The van der Waals surface area contributed by atoms with Gasteiger partial charge in [-0.3, -0.25) is 9.59 Å². The van der Waals surface area contributed by atoms with Crippen molar-refractivity contribution in [1.82, 2.24) is 4.90 Å². The molecule has 14 heavy (non-hydrogen) atoms. The molecular weight excluding hydrogens is 186 g/mol. The molecule has 5 nitrogen and oxygen atoms in total. The van der Waals surface area contributed by atoms with Gasteiger partial charge in [-0.2, -0.15) is 0 Å². The zero-order chi connectivity index (χ0) is 10.7. The summed E-state index contributed by atoms with van der Waals surface area (Å²) in [5, 5.41) is 8.82. The van der Waals surface area contributed by atoms with Gasteiger partial charge in [-0.05, 0) is 6.42 Å². The highest BCUT2D eigenvalue weighted by atomic mass is 16.4. The van der Waals surface area contributed by atoms with E-state index < -0.39 is 17.9 Å². The molecule has 0 aromatic carbocycles. The van der Waals surface area contributed by atoms with Crippen LogP contribution in [0.5, 0.6) is 0 Å². The van der Waals surface area contributed by atoms with Crippen molar-refractivity contribution in [3.05, 3.63) is 12.7 Å². The van der Waals surface area contributed by atoms with Crippen LogP contribution in [-0.2, 0) is 14.4 Å². The lowest BCUT2D eigenvalue weighted by Crippen LogP contribution is -2.41. The number of carbonyl (C=O) groups is 3. The third-order valence-electron chi connectivity index (χ3n) is 2.07. The molecule has 0 saturated carbocycles.